The first kappa shape index (κ1) is 13.8. The highest BCUT2D eigenvalue weighted by Crippen LogP contribution is 2.28. The molecule has 17 heavy (non-hydrogen) atoms. The Bertz CT molecular complexity index is 416. The smallest absolute Gasteiger partial charge is 0.406 e. The third kappa shape index (κ3) is 4.26. The highest BCUT2D eigenvalue weighted by Gasteiger charge is 2.31. The van der Waals surface area contributed by atoms with Crippen molar-refractivity contribution in [2.45, 2.75) is 19.7 Å². The quantitative estimate of drug-likeness (QED) is 0.782. The molecule has 0 saturated carbocycles. The first-order valence-corrected chi connectivity index (χ1v) is 5.29. The summed E-state index contributed by atoms with van der Waals surface area (Å²) in [5, 5.41) is 0. The number of ketones is 1. The van der Waals surface area contributed by atoms with Crippen LogP contribution in [0.2, 0.25) is 0 Å². The Morgan fingerprint density at radius 2 is 2.06 bits per heavy atom. The fraction of sp³-hybridized carbons (Fsp3) is 0.364. The van der Waals surface area contributed by atoms with Gasteiger partial charge in [-0.15, -0.1) is 24.8 Å². The summed E-state index contributed by atoms with van der Waals surface area (Å²) >= 11 is 5.34. The summed E-state index contributed by atoms with van der Waals surface area (Å²) in [5.41, 5.74) is 0.778. The molecule has 0 unspecified atom stereocenters. The van der Waals surface area contributed by atoms with Gasteiger partial charge in [0.1, 0.15) is 5.75 Å². The monoisotopic (exact) mass is 266 g/mol. The number of hydrogen-bond acceptors (Lipinski definition) is 2. The average molecular weight is 267 g/mol. The Kier molecular flexibility index (Phi) is 4.40. The summed E-state index contributed by atoms with van der Waals surface area (Å²) < 4.78 is 40.1. The minimum Gasteiger partial charge on any atom is -0.406 e. The van der Waals surface area contributed by atoms with Gasteiger partial charge in [0.05, 0.1) is 5.88 Å². The molecule has 2 nitrogen and oxygen atoms in total. The van der Waals surface area contributed by atoms with Gasteiger partial charge >= 0.3 is 6.36 Å². The Morgan fingerprint density at radius 3 is 2.59 bits per heavy atom. The van der Waals surface area contributed by atoms with Gasteiger partial charge in [0, 0.05) is 6.42 Å². The van der Waals surface area contributed by atoms with Crippen LogP contribution in [0, 0.1) is 6.92 Å². The van der Waals surface area contributed by atoms with Crippen LogP contribution < -0.4 is 4.74 Å². The molecule has 0 saturated heterocycles. The van der Waals surface area contributed by atoms with Gasteiger partial charge in [-0.2, -0.15) is 0 Å². The predicted octanol–water partition coefficient (Wildman–Crippen LogP) is 3.24. The summed E-state index contributed by atoms with van der Waals surface area (Å²) in [4.78, 5) is 11.1. The lowest BCUT2D eigenvalue weighted by Crippen LogP contribution is -2.18. The second kappa shape index (κ2) is 5.40. The van der Waals surface area contributed by atoms with Gasteiger partial charge in [-0.25, -0.2) is 0 Å². The first-order chi connectivity index (χ1) is 7.83. The van der Waals surface area contributed by atoms with Crippen molar-refractivity contribution >= 4 is 17.4 Å². The molecular weight excluding hydrogens is 257 g/mol. The third-order valence-corrected chi connectivity index (χ3v) is 2.46. The highest BCUT2D eigenvalue weighted by atomic mass is 35.5. The second-order valence-electron chi connectivity index (χ2n) is 3.44. The summed E-state index contributed by atoms with van der Waals surface area (Å²) in [6, 6.07) is 4.19. The van der Waals surface area contributed by atoms with Crippen molar-refractivity contribution in [2.24, 2.45) is 0 Å². The molecule has 0 fully saturated rings. The maximum absolute atomic E-state index is 12.1. The zero-order valence-corrected chi connectivity index (χ0v) is 9.73. The maximum Gasteiger partial charge on any atom is 0.573 e. The number of Topliss-reactive ketones (excluding diaryl/α,β-unsaturated/α-hetero) is 1. The molecule has 0 atom stereocenters. The SMILES string of the molecule is Cc1c(CC(=O)CCl)cccc1OC(F)(F)F. The van der Waals surface area contributed by atoms with Gasteiger partial charge < -0.3 is 4.74 Å². The van der Waals surface area contributed by atoms with Crippen molar-refractivity contribution < 1.29 is 22.7 Å². The zero-order chi connectivity index (χ0) is 13.1. The average Bonchev–Trinajstić information content (AvgIpc) is 2.22. The van der Waals surface area contributed by atoms with E-state index < -0.39 is 6.36 Å². The number of halogens is 4. The van der Waals surface area contributed by atoms with Crippen LogP contribution in [0.25, 0.3) is 0 Å². The summed E-state index contributed by atoms with van der Waals surface area (Å²) in [5.74, 6) is -0.708. The van der Waals surface area contributed by atoms with Gasteiger partial charge in [-0.3, -0.25) is 4.79 Å². The minimum atomic E-state index is -4.74. The molecule has 1 aromatic rings. The molecule has 0 aliphatic rings. The number of carbonyl (C=O) groups is 1. The molecule has 0 aromatic heterocycles. The Morgan fingerprint density at radius 1 is 1.41 bits per heavy atom. The minimum absolute atomic E-state index is 0.00436. The number of ether oxygens (including phenoxy) is 1. The van der Waals surface area contributed by atoms with Crippen molar-refractivity contribution in [2.75, 3.05) is 5.88 Å². The molecule has 6 heteroatoms. The number of benzene rings is 1. The van der Waals surface area contributed by atoms with Crippen molar-refractivity contribution in [3.05, 3.63) is 29.3 Å². The van der Waals surface area contributed by atoms with E-state index in [9.17, 15) is 18.0 Å². The predicted molar refractivity (Wildman–Crippen MR) is 57.3 cm³/mol. The van der Waals surface area contributed by atoms with Gasteiger partial charge in [-0.1, -0.05) is 12.1 Å². The first-order valence-electron chi connectivity index (χ1n) is 4.75. The van der Waals surface area contributed by atoms with Crippen LogP contribution in [0.4, 0.5) is 13.2 Å². The number of hydrogen-bond donors (Lipinski definition) is 0. The fourth-order valence-corrected chi connectivity index (χ4v) is 1.44. The molecule has 0 bridgehead atoms. The van der Waals surface area contributed by atoms with E-state index in [1.165, 1.54) is 19.1 Å². The number of rotatable bonds is 4. The molecule has 94 valence electrons. The van der Waals surface area contributed by atoms with Crippen LogP contribution in [0.1, 0.15) is 11.1 Å². The van der Waals surface area contributed by atoms with Crippen molar-refractivity contribution in [1.29, 1.82) is 0 Å². The highest BCUT2D eigenvalue weighted by molar-refractivity contribution is 6.27. The van der Waals surface area contributed by atoms with Crippen LogP contribution in [0.5, 0.6) is 5.75 Å². The van der Waals surface area contributed by atoms with E-state index in [4.69, 9.17) is 11.6 Å². The lowest BCUT2D eigenvalue weighted by molar-refractivity contribution is -0.274. The molecule has 0 N–H and O–H groups in total. The lowest BCUT2D eigenvalue weighted by atomic mass is 10.0. The van der Waals surface area contributed by atoms with E-state index in [0.717, 1.165) is 0 Å². The van der Waals surface area contributed by atoms with E-state index in [0.29, 0.717) is 11.1 Å². The summed E-state index contributed by atoms with van der Waals surface area (Å²) in [6.45, 7) is 1.47. The van der Waals surface area contributed by atoms with Crippen LogP contribution in [-0.4, -0.2) is 18.0 Å². The zero-order valence-electron chi connectivity index (χ0n) is 8.97. The Labute approximate surface area is 101 Å². The molecule has 0 aliphatic heterocycles. The molecule has 0 radical (unpaired) electrons. The van der Waals surface area contributed by atoms with Crippen LogP contribution in [0.15, 0.2) is 18.2 Å². The van der Waals surface area contributed by atoms with Gasteiger partial charge in [-0.05, 0) is 24.1 Å². The molecule has 1 aromatic carbocycles. The standard InChI is InChI=1S/C11H10ClF3O2/c1-7-8(5-9(16)6-12)3-2-4-10(7)17-11(13,14)15/h2-4H,5-6H2,1H3. The molecule has 0 amide bonds. The van der Waals surface area contributed by atoms with Crippen LogP contribution in [0.3, 0.4) is 0 Å². The number of carbonyl (C=O) groups excluding carboxylic acids is 1. The normalized spacial score (nSPS) is 11.4. The third-order valence-electron chi connectivity index (χ3n) is 2.16. The van der Waals surface area contributed by atoms with Crippen molar-refractivity contribution in [1.82, 2.24) is 0 Å². The molecule has 0 aliphatic carbocycles. The fourth-order valence-electron chi connectivity index (χ4n) is 1.35. The molecule has 1 rings (SSSR count). The molecular formula is C11H10ClF3O2. The van der Waals surface area contributed by atoms with Gasteiger partial charge in [0.2, 0.25) is 0 Å². The maximum atomic E-state index is 12.1. The van der Waals surface area contributed by atoms with E-state index in [-0.39, 0.29) is 23.8 Å². The lowest BCUT2D eigenvalue weighted by Gasteiger charge is -2.13. The Balaban J connectivity index is 2.95. The van der Waals surface area contributed by atoms with Crippen molar-refractivity contribution in [3.63, 3.8) is 0 Å². The summed E-state index contributed by atoms with van der Waals surface area (Å²) in [7, 11) is 0. The second-order valence-corrected chi connectivity index (χ2v) is 3.70. The molecule has 0 spiro atoms. The largest absolute Gasteiger partial charge is 0.573 e. The van der Waals surface area contributed by atoms with E-state index in [1.807, 2.05) is 0 Å². The topological polar surface area (TPSA) is 26.3 Å². The van der Waals surface area contributed by atoms with E-state index in [2.05, 4.69) is 4.74 Å². The Hall–Kier alpha value is -1.23. The van der Waals surface area contributed by atoms with Gasteiger partial charge in [0.25, 0.3) is 0 Å². The molecule has 0 heterocycles. The van der Waals surface area contributed by atoms with Crippen LogP contribution in [-0.2, 0) is 11.2 Å². The van der Waals surface area contributed by atoms with E-state index in [1.54, 1.807) is 6.07 Å². The van der Waals surface area contributed by atoms with Crippen molar-refractivity contribution in [3.8, 4) is 5.75 Å². The van der Waals surface area contributed by atoms with Crippen LogP contribution >= 0.6 is 11.6 Å². The van der Waals surface area contributed by atoms with E-state index >= 15 is 0 Å². The number of alkyl halides is 4. The summed E-state index contributed by atoms with van der Waals surface area (Å²) in [6.07, 6.45) is -4.73. The van der Waals surface area contributed by atoms with Gasteiger partial charge in [0.15, 0.2) is 5.78 Å².